The Morgan fingerprint density at radius 3 is 2.55 bits per heavy atom. The van der Waals surface area contributed by atoms with Crippen LogP contribution in [-0.2, 0) is 16.8 Å². The molecular weight excluding hydrogens is 276 g/mol. The van der Waals surface area contributed by atoms with Gasteiger partial charge in [0.1, 0.15) is 0 Å². The van der Waals surface area contributed by atoms with Crippen molar-refractivity contribution in [2.24, 2.45) is 11.8 Å². The SMILES string of the molecule is CC1CC(C)CN(S(=O)(=O)Nc2cccc(CO)c2)C1. The van der Waals surface area contributed by atoms with Gasteiger partial charge < -0.3 is 5.11 Å². The van der Waals surface area contributed by atoms with Crippen LogP contribution in [0.1, 0.15) is 25.8 Å². The lowest BCUT2D eigenvalue weighted by Gasteiger charge is -2.34. The monoisotopic (exact) mass is 298 g/mol. The topological polar surface area (TPSA) is 69.6 Å². The summed E-state index contributed by atoms with van der Waals surface area (Å²) in [5, 5.41) is 9.09. The molecule has 1 aromatic rings. The molecule has 0 aliphatic carbocycles. The number of piperidine rings is 1. The summed E-state index contributed by atoms with van der Waals surface area (Å²) in [4.78, 5) is 0. The average Bonchev–Trinajstić information content (AvgIpc) is 2.37. The molecule has 0 amide bonds. The summed E-state index contributed by atoms with van der Waals surface area (Å²) in [5.41, 5.74) is 1.17. The molecule has 2 atom stereocenters. The first kappa shape index (κ1) is 15.3. The van der Waals surface area contributed by atoms with Crippen LogP contribution in [0.15, 0.2) is 24.3 Å². The molecule has 1 heterocycles. The maximum Gasteiger partial charge on any atom is 0.301 e. The summed E-state index contributed by atoms with van der Waals surface area (Å²) in [7, 11) is -3.53. The molecule has 112 valence electrons. The molecule has 6 heteroatoms. The van der Waals surface area contributed by atoms with Gasteiger partial charge in [0.25, 0.3) is 0 Å². The number of anilines is 1. The summed E-state index contributed by atoms with van der Waals surface area (Å²) in [6.07, 6.45) is 1.06. The maximum absolute atomic E-state index is 12.4. The van der Waals surface area contributed by atoms with Crippen LogP contribution in [0, 0.1) is 11.8 Å². The van der Waals surface area contributed by atoms with E-state index in [0.29, 0.717) is 36.2 Å². The summed E-state index contributed by atoms with van der Waals surface area (Å²) in [5.74, 6) is 0.748. The van der Waals surface area contributed by atoms with Crippen molar-refractivity contribution >= 4 is 15.9 Å². The number of hydrogen-bond acceptors (Lipinski definition) is 3. The van der Waals surface area contributed by atoms with Gasteiger partial charge in [-0.25, -0.2) is 0 Å². The first-order chi connectivity index (χ1) is 9.40. The van der Waals surface area contributed by atoms with E-state index in [2.05, 4.69) is 18.6 Å². The van der Waals surface area contributed by atoms with Gasteiger partial charge in [-0.1, -0.05) is 26.0 Å². The number of rotatable bonds is 4. The third-order valence-corrected chi connectivity index (χ3v) is 5.00. The molecule has 0 bridgehead atoms. The van der Waals surface area contributed by atoms with E-state index in [-0.39, 0.29) is 6.61 Å². The zero-order valence-electron chi connectivity index (χ0n) is 11.9. The van der Waals surface area contributed by atoms with Gasteiger partial charge >= 0.3 is 10.2 Å². The fourth-order valence-electron chi connectivity index (χ4n) is 2.75. The fourth-order valence-corrected chi connectivity index (χ4v) is 4.20. The van der Waals surface area contributed by atoms with Gasteiger partial charge in [0, 0.05) is 13.1 Å². The van der Waals surface area contributed by atoms with Gasteiger partial charge in [-0.2, -0.15) is 12.7 Å². The molecule has 2 unspecified atom stereocenters. The fraction of sp³-hybridized carbons (Fsp3) is 0.571. The molecule has 20 heavy (non-hydrogen) atoms. The lowest BCUT2D eigenvalue weighted by Crippen LogP contribution is -2.45. The number of nitrogens with zero attached hydrogens (tertiary/aromatic N) is 1. The standard InChI is InChI=1S/C14H22N2O3S/c1-11-6-12(2)9-16(8-11)20(18,19)15-14-5-3-4-13(7-14)10-17/h3-5,7,11-12,15,17H,6,8-10H2,1-2H3. The van der Waals surface area contributed by atoms with E-state index in [4.69, 9.17) is 5.11 Å². The van der Waals surface area contributed by atoms with Crippen LogP contribution in [0.2, 0.25) is 0 Å². The van der Waals surface area contributed by atoms with Crippen molar-refractivity contribution in [2.45, 2.75) is 26.9 Å². The summed E-state index contributed by atoms with van der Waals surface area (Å²) in [6.45, 7) is 5.15. The molecule has 1 aliphatic rings. The van der Waals surface area contributed by atoms with E-state index in [1.165, 1.54) is 4.31 Å². The van der Waals surface area contributed by atoms with Crippen molar-refractivity contribution in [2.75, 3.05) is 17.8 Å². The van der Waals surface area contributed by atoms with Crippen LogP contribution in [-0.4, -0.2) is 30.9 Å². The van der Waals surface area contributed by atoms with Crippen LogP contribution < -0.4 is 4.72 Å². The first-order valence-corrected chi connectivity index (χ1v) is 8.32. The molecule has 1 fully saturated rings. The van der Waals surface area contributed by atoms with E-state index in [0.717, 1.165) is 6.42 Å². The highest BCUT2D eigenvalue weighted by molar-refractivity contribution is 7.90. The molecule has 1 saturated heterocycles. The van der Waals surface area contributed by atoms with Crippen LogP contribution in [0.3, 0.4) is 0 Å². The Morgan fingerprint density at radius 1 is 1.30 bits per heavy atom. The highest BCUT2D eigenvalue weighted by Crippen LogP contribution is 2.24. The highest BCUT2D eigenvalue weighted by atomic mass is 32.2. The quantitative estimate of drug-likeness (QED) is 0.890. The van der Waals surface area contributed by atoms with Gasteiger partial charge in [-0.05, 0) is 36.0 Å². The third kappa shape index (κ3) is 3.71. The summed E-state index contributed by atoms with van der Waals surface area (Å²) < 4.78 is 28.9. The van der Waals surface area contributed by atoms with Gasteiger partial charge in [-0.15, -0.1) is 0 Å². The Kier molecular flexibility index (Phi) is 4.67. The van der Waals surface area contributed by atoms with Gasteiger partial charge in [0.2, 0.25) is 0 Å². The van der Waals surface area contributed by atoms with Gasteiger partial charge in [0.05, 0.1) is 12.3 Å². The minimum absolute atomic E-state index is 0.104. The second kappa shape index (κ2) is 6.11. The molecule has 1 aromatic carbocycles. The van der Waals surface area contributed by atoms with E-state index in [1.807, 2.05) is 0 Å². The van der Waals surface area contributed by atoms with Gasteiger partial charge in [-0.3, -0.25) is 4.72 Å². The molecule has 5 nitrogen and oxygen atoms in total. The number of nitrogens with one attached hydrogen (secondary N) is 1. The number of hydrogen-bond donors (Lipinski definition) is 2. The smallest absolute Gasteiger partial charge is 0.301 e. The largest absolute Gasteiger partial charge is 0.392 e. The Hall–Kier alpha value is -1.11. The summed E-state index contributed by atoms with van der Waals surface area (Å²) in [6, 6.07) is 6.82. The van der Waals surface area contributed by atoms with Crippen molar-refractivity contribution in [3.63, 3.8) is 0 Å². The lowest BCUT2D eigenvalue weighted by atomic mass is 9.94. The van der Waals surface area contributed by atoms with E-state index in [1.54, 1.807) is 24.3 Å². The van der Waals surface area contributed by atoms with Crippen molar-refractivity contribution < 1.29 is 13.5 Å². The van der Waals surface area contributed by atoms with E-state index >= 15 is 0 Å². The zero-order chi connectivity index (χ0) is 14.8. The Morgan fingerprint density at radius 2 is 1.95 bits per heavy atom. The molecule has 0 saturated carbocycles. The first-order valence-electron chi connectivity index (χ1n) is 6.88. The average molecular weight is 298 g/mol. The van der Waals surface area contributed by atoms with Crippen molar-refractivity contribution in [3.8, 4) is 0 Å². The van der Waals surface area contributed by atoms with Crippen LogP contribution >= 0.6 is 0 Å². The maximum atomic E-state index is 12.4. The third-order valence-electron chi connectivity index (χ3n) is 3.53. The zero-order valence-corrected chi connectivity index (χ0v) is 12.7. The molecule has 0 aromatic heterocycles. The second-order valence-corrected chi connectivity index (χ2v) is 7.40. The number of benzene rings is 1. The molecule has 1 aliphatic heterocycles. The van der Waals surface area contributed by atoms with Crippen LogP contribution in [0.25, 0.3) is 0 Å². The van der Waals surface area contributed by atoms with E-state index in [9.17, 15) is 8.42 Å². The van der Waals surface area contributed by atoms with Crippen molar-refractivity contribution in [1.82, 2.24) is 4.31 Å². The summed E-state index contributed by atoms with van der Waals surface area (Å²) >= 11 is 0. The Bertz CT molecular complexity index is 549. The molecule has 0 radical (unpaired) electrons. The highest BCUT2D eigenvalue weighted by Gasteiger charge is 2.30. The van der Waals surface area contributed by atoms with Crippen LogP contribution in [0.4, 0.5) is 5.69 Å². The Labute approximate surface area is 120 Å². The van der Waals surface area contributed by atoms with Crippen LogP contribution in [0.5, 0.6) is 0 Å². The number of aliphatic hydroxyl groups is 1. The normalized spacial score (nSPS) is 24.6. The molecule has 2 N–H and O–H groups in total. The minimum atomic E-state index is -3.53. The Balaban J connectivity index is 2.14. The minimum Gasteiger partial charge on any atom is -0.392 e. The lowest BCUT2D eigenvalue weighted by molar-refractivity contribution is 0.223. The second-order valence-electron chi connectivity index (χ2n) is 5.73. The molecular formula is C14H22N2O3S. The predicted molar refractivity (Wildman–Crippen MR) is 79.4 cm³/mol. The predicted octanol–water partition coefficient (Wildman–Crippen LogP) is 1.81. The molecule has 0 spiro atoms. The van der Waals surface area contributed by atoms with Crippen molar-refractivity contribution in [3.05, 3.63) is 29.8 Å². The van der Waals surface area contributed by atoms with E-state index < -0.39 is 10.2 Å². The van der Waals surface area contributed by atoms with Gasteiger partial charge in [0.15, 0.2) is 0 Å². The number of aliphatic hydroxyl groups excluding tert-OH is 1. The van der Waals surface area contributed by atoms with Crippen molar-refractivity contribution in [1.29, 1.82) is 0 Å². The molecule has 2 rings (SSSR count).